The zero-order valence-corrected chi connectivity index (χ0v) is 21.6. The van der Waals surface area contributed by atoms with Crippen LogP contribution in [0.5, 0.6) is 0 Å². The first-order chi connectivity index (χ1) is 17.8. The van der Waals surface area contributed by atoms with Gasteiger partial charge in [-0.3, -0.25) is 4.98 Å². The maximum absolute atomic E-state index is 6.25. The summed E-state index contributed by atoms with van der Waals surface area (Å²) in [6.45, 7) is 8.18. The van der Waals surface area contributed by atoms with E-state index in [4.69, 9.17) is 19.3 Å². The molecule has 5 nitrogen and oxygen atoms in total. The minimum Gasteiger partial charge on any atom is -0.398 e. The zero-order valence-electron chi connectivity index (χ0n) is 21.6. The van der Waals surface area contributed by atoms with Crippen LogP contribution in [0.15, 0.2) is 109 Å². The van der Waals surface area contributed by atoms with Gasteiger partial charge in [-0.15, -0.1) is 0 Å². The molecule has 1 aliphatic rings. The maximum atomic E-state index is 6.25. The van der Waals surface area contributed by atoms with Crippen molar-refractivity contribution in [1.29, 1.82) is 0 Å². The van der Waals surface area contributed by atoms with Crippen molar-refractivity contribution in [1.82, 2.24) is 14.5 Å². The second-order valence-electron chi connectivity index (χ2n) is 10.6. The molecule has 1 aliphatic heterocycles. The van der Waals surface area contributed by atoms with Crippen LogP contribution in [0.3, 0.4) is 0 Å². The van der Waals surface area contributed by atoms with Crippen LogP contribution in [0.25, 0.3) is 11.2 Å². The van der Waals surface area contributed by atoms with E-state index in [1.165, 1.54) is 0 Å². The van der Waals surface area contributed by atoms with Crippen molar-refractivity contribution < 1.29 is 9.31 Å². The highest BCUT2D eigenvalue weighted by Gasteiger charge is 2.52. The van der Waals surface area contributed by atoms with E-state index < -0.39 is 23.9 Å². The topological polar surface area (TPSA) is 49.2 Å². The number of nitrogens with zero attached hydrogens (tertiary/aromatic N) is 3. The van der Waals surface area contributed by atoms with Crippen molar-refractivity contribution in [3.63, 3.8) is 0 Å². The van der Waals surface area contributed by atoms with E-state index >= 15 is 0 Å². The Morgan fingerprint density at radius 1 is 0.676 bits per heavy atom. The molecule has 6 rings (SSSR count). The molecule has 2 aromatic heterocycles. The van der Waals surface area contributed by atoms with Crippen molar-refractivity contribution in [3.8, 4) is 0 Å². The van der Waals surface area contributed by atoms with Gasteiger partial charge in [0.15, 0.2) is 5.65 Å². The van der Waals surface area contributed by atoms with E-state index in [2.05, 4.69) is 102 Å². The molecule has 0 saturated carbocycles. The van der Waals surface area contributed by atoms with Crippen LogP contribution in [-0.2, 0) is 14.8 Å². The molecule has 184 valence electrons. The zero-order chi connectivity index (χ0) is 25.7. The molecule has 0 bridgehead atoms. The van der Waals surface area contributed by atoms with Gasteiger partial charge in [-0.05, 0) is 50.5 Å². The van der Waals surface area contributed by atoms with Crippen molar-refractivity contribution in [2.24, 2.45) is 0 Å². The van der Waals surface area contributed by atoms with E-state index in [0.717, 1.165) is 27.9 Å². The summed E-state index contributed by atoms with van der Waals surface area (Å²) in [5.41, 5.74) is 4.15. The molecule has 6 heteroatoms. The van der Waals surface area contributed by atoms with Crippen LogP contribution in [0.2, 0.25) is 0 Å². The summed E-state index contributed by atoms with van der Waals surface area (Å²) in [6, 6.07) is 33.8. The Morgan fingerprint density at radius 3 is 1.59 bits per heavy atom. The first kappa shape index (κ1) is 23.7. The number of aromatic nitrogens is 3. The van der Waals surface area contributed by atoms with E-state index in [1.54, 1.807) is 6.20 Å². The van der Waals surface area contributed by atoms with Gasteiger partial charge >= 0.3 is 7.12 Å². The molecule has 3 heterocycles. The van der Waals surface area contributed by atoms with Gasteiger partial charge in [-0.2, -0.15) is 0 Å². The van der Waals surface area contributed by atoms with Gasteiger partial charge in [0, 0.05) is 12.4 Å². The quantitative estimate of drug-likeness (QED) is 0.240. The molecule has 0 amide bonds. The van der Waals surface area contributed by atoms with E-state index in [0.29, 0.717) is 5.59 Å². The first-order valence-electron chi connectivity index (χ1n) is 12.7. The average molecular weight is 487 g/mol. The minimum atomic E-state index is -0.647. The Hall–Kier alpha value is -3.74. The van der Waals surface area contributed by atoms with Gasteiger partial charge in [0.1, 0.15) is 11.1 Å². The molecule has 3 aromatic carbocycles. The van der Waals surface area contributed by atoms with Crippen molar-refractivity contribution in [3.05, 3.63) is 126 Å². The van der Waals surface area contributed by atoms with Crippen molar-refractivity contribution >= 4 is 23.9 Å². The molecular weight excluding hydrogens is 457 g/mol. The SMILES string of the molecule is CC1(C)OB(c2cnc3c(ccn3C(c3ccccc3)(c3ccccc3)c3ccccc3)n2)OC1(C)C. The fraction of sp³-hybridized carbons (Fsp3) is 0.226. The second kappa shape index (κ2) is 8.68. The van der Waals surface area contributed by atoms with Gasteiger partial charge in [0.25, 0.3) is 0 Å². The summed E-state index contributed by atoms with van der Waals surface area (Å²) in [5, 5.41) is 0. The van der Waals surface area contributed by atoms with Crippen LogP contribution in [0.1, 0.15) is 44.4 Å². The number of hydrogen-bond donors (Lipinski definition) is 0. The van der Waals surface area contributed by atoms with E-state index in [9.17, 15) is 0 Å². The van der Waals surface area contributed by atoms with Gasteiger partial charge in [0.05, 0.1) is 16.8 Å². The summed E-state index contributed by atoms with van der Waals surface area (Å²) in [5.74, 6) is 0. The molecule has 1 saturated heterocycles. The molecule has 5 aromatic rings. The lowest BCUT2D eigenvalue weighted by Gasteiger charge is -2.38. The standard InChI is InChI=1S/C31H30BN3O2/c1-29(2)30(3,4)37-32(36-29)27-22-33-28-26(34-27)20-21-35(28)31(23-14-8-5-9-15-23,24-16-10-6-11-17-24)25-18-12-7-13-19-25/h5-22H,1-4H3. The summed E-state index contributed by atoms with van der Waals surface area (Å²) < 4.78 is 14.7. The van der Waals surface area contributed by atoms with Crippen LogP contribution < -0.4 is 5.59 Å². The molecule has 0 N–H and O–H groups in total. The molecule has 1 fully saturated rings. The fourth-order valence-electron chi connectivity index (χ4n) is 5.23. The predicted molar refractivity (Wildman–Crippen MR) is 148 cm³/mol. The molecule has 0 atom stereocenters. The molecule has 0 radical (unpaired) electrons. The molecule has 37 heavy (non-hydrogen) atoms. The van der Waals surface area contributed by atoms with E-state index in [-0.39, 0.29) is 0 Å². The normalized spacial score (nSPS) is 16.8. The molecule has 0 aliphatic carbocycles. The molecule has 0 spiro atoms. The lowest BCUT2D eigenvalue weighted by molar-refractivity contribution is 0.00578. The lowest BCUT2D eigenvalue weighted by atomic mass is 9.76. The number of hydrogen-bond acceptors (Lipinski definition) is 4. The van der Waals surface area contributed by atoms with Crippen LogP contribution in [-0.4, -0.2) is 32.9 Å². The smallest absolute Gasteiger partial charge is 0.398 e. The number of fused-ring (bicyclic) bond motifs is 1. The largest absolute Gasteiger partial charge is 0.516 e. The van der Waals surface area contributed by atoms with Crippen molar-refractivity contribution in [2.45, 2.75) is 44.4 Å². The minimum absolute atomic E-state index is 0.441. The summed E-state index contributed by atoms with van der Waals surface area (Å²) >= 11 is 0. The highest BCUT2D eigenvalue weighted by molar-refractivity contribution is 6.61. The van der Waals surface area contributed by atoms with Crippen molar-refractivity contribution in [2.75, 3.05) is 0 Å². The van der Waals surface area contributed by atoms with Gasteiger partial charge in [0.2, 0.25) is 0 Å². The first-order valence-corrected chi connectivity index (χ1v) is 12.7. The summed E-state index contributed by atoms with van der Waals surface area (Å²) in [6.07, 6.45) is 3.87. The van der Waals surface area contributed by atoms with Gasteiger partial charge in [-0.1, -0.05) is 91.0 Å². The third kappa shape index (κ3) is 3.71. The summed E-state index contributed by atoms with van der Waals surface area (Å²) in [4.78, 5) is 9.93. The Labute approximate surface area is 218 Å². The monoisotopic (exact) mass is 487 g/mol. The highest BCUT2D eigenvalue weighted by Crippen LogP contribution is 2.42. The third-order valence-corrected chi connectivity index (χ3v) is 7.84. The van der Waals surface area contributed by atoms with Crippen LogP contribution >= 0.6 is 0 Å². The number of benzene rings is 3. The lowest BCUT2D eigenvalue weighted by Crippen LogP contribution is -2.41. The Bertz CT molecular complexity index is 1420. The second-order valence-corrected chi connectivity index (χ2v) is 10.6. The Morgan fingerprint density at radius 2 is 1.14 bits per heavy atom. The number of rotatable bonds is 5. The van der Waals surface area contributed by atoms with Gasteiger partial charge < -0.3 is 13.9 Å². The summed E-state index contributed by atoms with van der Waals surface area (Å²) in [7, 11) is -0.563. The Kier molecular flexibility index (Phi) is 5.55. The fourth-order valence-corrected chi connectivity index (χ4v) is 5.23. The molecular formula is C31H30BN3O2. The van der Waals surface area contributed by atoms with Gasteiger partial charge in [-0.25, -0.2) is 4.98 Å². The maximum Gasteiger partial charge on any atom is 0.516 e. The average Bonchev–Trinajstić information content (AvgIpc) is 3.43. The third-order valence-electron chi connectivity index (χ3n) is 7.84. The Balaban J connectivity index is 1.58. The highest BCUT2D eigenvalue weighted by atomic mass is 16.7. The van der Waals surface area contributed by atoms with E-state index in [1.807, 2.05) is 33.8 Å². The molecule has 0 unspecified atom stereocenters. The predicted octanol–water partition coefficient (Wildman–Crippen LogP) is 5.57. The van der Waals surface area contributed by atoms with Crippen LogP contribution in [0, 0.1) is 0 Å². The van der Waals surface area contributed by atoms with Crippen LogP contribution in [0.4, 0.5) is 0 Å².